The van der Waals surface area contributed by atoms with Gasteiger partial charge in [0.1, 0.15) is 0 Å². The van der Waals surface area contributed by atoms with Crippen molar-refractivity contribution in [3.63, 3.8) is 0 Å². The van der Waals surface area contributed by atoms with Gasteiger partial charge in [0.2, 0.25) is 6.79 Å². The lowest BCUT2D eigenvalue weighted by molar-refractivity contribution is 0.174. The highest BCUT2D eigenvalue weighted by atomic mass is 16.7. The van der Waals surface area contributed by atoms with Gasteiger partial charge >= 0.3 is 0 Å². The van der Waals surface area contributed by atoms with E-state index in [1.165, 1.54) is 0 Å². The molecule has 0 amide bonds. The van der Waals surface area contributed by atoms with E-state index in [0.29, 0.717) is 0 Å². The van der Waals surface area contributed by atoms with Crippen LogP contribution in [-0.4, -0.2) is 13.3 Å². The van der Waals surface area contributed by atoms with Crippen molar-refractivity contribution in [2.75, 3.05) is 13.3 Å². The maximum atomic E-state index is 9.16. The second-order valence-corrected chi connectivity index (χ2v) is 4.05. The van der Waals surface area contributed by atoms with Crippen LogP contribution in [0, 0.1) is 11.3 Å². The molecule has 1 aromatic carbocycles. The van der Waals surface area contributed by atoms with E-state index in [2.05, 4.69) is 11.4 Å². The molecule has 0 fully saturated rings. The average molecular weight is 216 g/mol. The summed E-state index contributed by atoms with van der Waals surface area (Å²) in [5, 5.41) is 12.5. The Morgan fingerprint density at radius 1 is 1.31 bits per heavy atom. The number of fused-ring (bicyclic) bond motifs is 2. The summed E-state index contributed by atoms with van der Waals surface area (Å²) in [6.07, 6.45) is 0.850. The minimum absolute atomic E-state index is 0.0421. The molecule has 0 radical (unpaired) electrons. The number of nitrogens with zero attached hydrogens (tertiary/aromatic N) is 1. The molecule has 16 heavy (non-hydrogen) atoms. The molecule has 1 aromatic rings. The highest BCUT2D eigenvalue weighted by Crippen LogP contribution is 2.38. The maximum Gasteiger partial charge on any atom is 0.231 e. The van der Waals surface area contributed by atoms with Gasteiger partial charge in [-0.25, -0.2) is 0 Å². The first-order valence-corrected chi connectivity index (χ1v) is 5.41. The molecule has 0 aliphatic carbocycles. The summed E-state index contributed by atoms with van der Waals surface area (Å²) in [6.45, 7) is 1.95. The molecule has 0 saturated heterocycles. The predicted molar refractivity (Wildman–Crippen MR) is 57.2 cm³/mol. The van der Waals surface area contributed by atoms with Gasteiger partial charge < -0.3 is 14.8 Å². The topological polar surface area (TPSA) is 54.3 Å². The van der Waals surface area contributed by atoms with E-state index in [-0.39, 0.29) is 12.7 Å². The second-order valence-electron chi connectivity index (χ2n) is 4.05. The Labute approximate surface area is 93.8 Å². The molecule has 2 aliphatic heterocycles. The van der Waals surface area contributed by atoms with Crippen molar-refractivity contribution in [1.82, 2.24) is 5.32 Å². The molecular weight excluding hydrogens is 204 g/mol. The standard InChI is InChI=1S/C12H12N2O2/c13-5-8-1-2-14-6-9-3-11-12(4-10(8)9)16-7-15-11/h3-4,8,14H,1-2,6-7H2. The van der Waals surface area contributed by atoms with Gasteiger partial charge in [-0.2, -0.15) is 5.26 Å². The lowest BCUT2D eigenvalue weighted by atomic mass is 9.93. The summed E-state index contributed by atoms with van der Waals surface area (Å²) < 4.78 is 10.7. The summed E-state index contributed by atoms with van der Waals surface area (Å²) in [5.74, 6) is 1.51. The number of nitriles is 1. The van der Waals surface area contributed by atoms with Crippen LogP contribution in [0.15, 0.2) is 12.1 Å². The average Bonchev–Trinajstić information content (AvgIpc) is 2.66. The van der Waals surface area contributed by atoms with Crippen molar-refractivity contribution in [2.24, 2.45) is 0 Å². The van der Waals surface area contributed by atoms with Gasteiger partial charge in [-0.3, -0.25) is 0 Å². The molecule has 82 valence electrons. The largest absolute Gasteiger partial charge is 0.454 e. The number of benzene rings is 1. The number of hydrogen-bond acceptors (Lipinski definition) is 4. The molecule has 1 atom stereocenters. The number of nitrogens with one attached hydrogen (secondary N) is 1. The lowest BCUT2D eigenvalue weighted by Gasteiger charge is -2.10. The Bertz CT molecular complexity index is 465. The molecule has 1 N–H and O–H groups in total. The highest BCUT2D eigenvalue weighted by molar-refractivity contribution is 5.51. The van der Waals surface area contributed by atoms with Crippen LogP contribution in [0.1, 0.15) is 23.5 Å². The molecule has 1 unspecified atom stereocenters. The molecule has 0 saturated carbocycles. The Morgan fingerprint density at radius 2 is 2.12 bits per heavy atom. The van der Waals surface area contributed by atoms with Gasteiger partial charge in [0.25, 0.3) is 0 Å². The Morgan fingerprint density at radius 3 is 2.94 bits per heavy atom. The van der Waals surface area contributed by atoms with E-state index in [1.807, 2.05) is 12.1 Å². The molecule has 2 aliphatic rings. The van der Waals surface area contributed by atoms with Crippen molar-refractivity contribution in [3.05, 3.63) is 23.3 Å². The molecule has 4 heteroatoms. The van der Waals surface area contributed by atoms with Crippen LogP contribution in [0.5, 0.6) is 11.5 Å². The van der Waals surface area contributed by atoms with Crippen molar-refractivity contribution in [1.29, 1.82) is 5.26 Å². The molecule has 4 nitrogen and oxygen atoms in total. The SMILES string of the molecule is N#CC1CCNCc2cc3c(cc21)OCO3. The lowest BCUT2D eigenvalue weighted by Crippen LogP contribution is -2.12. The number of hydrogen-bond donors (Lipinski definition) is 1. The Kier molecular flexibility index (Phi) is 2.19. The maximum absolute atomic E-state index is 9.16. The van der Waals surface area contributed by atoms with Gasteiger partial charge in [0, 0.05) is 6.54 Å². The van der Waals surface area contributed by atoms with E-state index < -0.39 is 0 Å². The van der Waals surface area contributed by atoms with Gasteiger partial charge in [-0.1, -0.05) is 0 Å². The third-order valence-corrected chi connectivity index (χ3v) is 3.09. The van der Waals surface area contributed by atoms with Gasteiger partial charge in [-0.05, 0) is 36.2 Å². The second kappa shape index (κ2) is 3.69. The quantitative estimate of drug-likeness (QED) is 0.714. The van der Waals surface area contributed by atoms with E-state index >= 15 is 0 Å². The Balaban J connectivity index is 2.11. The molecule has 3 rings (SSSR count). The van der Waals surface area contributed by atoms with Crippen molar-refractivity contribution >= 4 is 0 Å². The zero-order valence-electron chi connectivity index (χ0n) is 8.82. The highest BCUT2D eigenvalue weighted by Gasteiger charge is 2.23. The third kappa shape index (κ3) is 1.41. The zero-order chi connectivity index (χ0) is 11.0. The van der Waals surface area contributed by atoms with Gasteiger partial charge in [0.05, 0.1) is 12.0 Å². The molecule has 0 spiro atoms. The van der Waals surface area contributed by atoms with Crippen molar-refractivity contribution in [2.45, 2.75) is 18.9 Å². The summed E-state index contributed by atoms with van der Waals surface area (Å²) in [4.78, 5) is 0. The monoisotopic (exact) mass is 216 g/mol. The normalized spacial score (nSPS) is 22.1. The van der Waals surface area contributed by atoms with Crippen LogP contribution in [-0.2, 0) is 6.54 Å². The van der Waals surface area contributed by atoms with Crippen LogP contribution >= 0.6 is 0 Å². The van der Waals surface area contributed by atoms with E-state index in [1.54, 1.807) is 0 Å². The fourth-order valence-electron chi connectivity index (χ4n) is 2.24. The number of ether oxygens (including phenoxy) is 2. The van der Waals surface area contributed by atoms with Crippen LogP contribution in [0.2, 0.25) is 0 Å². The van der Waals surface area contributed by atoms with Crippen LogP contribution in [0.3, 0.4) is 0 Å². The molecule has 2 heterocycles. The summed E-state index contributed by atoms with van der Waals surface area (Å²) in [6, 6.07) is 6.30. The van der Waals surface area contributed by atoms with Crippen LogP contribution in [0.4, 0.5) is 0 Å². The van der Waals surface area contributed by atoms with Crippen LogP contribution < -0.4 is 14.8 Å². The smallest absolute Gasteiger partial charge is 0.231 e. The summed E-state index contributed by atoms with van der Waals surface area (Å²) in [5.41, 5.74) is 2.23. The minimum atomic E-state index is -0.0421. The Hall–Kier alpha value is -1.73. The van der Waals surface area contributed by atoms with Gasteiger partial charge in [0.15, 0.2) is 11.5 Å². The fraction of sp³-hybridized carbons (Fsp3) is 0.417. The van der Waals surface area contributed by atoms with Gasteiger partial charge in [-0.15, -0.1) is 0 Å². The number of rotatable bonds is 0. The van der Waals surface area contributed by atoms with Crippen molar-refractivity contribution in [3.8, 4) is 17.6 Å². The first-order valence-electron chi connectivity index (χ1n) is 5.41. The predicted octanol–water partition coefficient (Wildman–Crippen LogP) is 1.52. The summed E-state index contributed by atoms with van der Waals surface area (Å²) >= 11 is 0. The van der Waals surface area contributed by atoms with Crippen molar-refractivity contribution < 1.29 is 9.47 Å². The first kappa shape index (κ1) is 9.49. The molecular formula is C12H12N2O2. The summed E-state index contributed by atoms with van der Waals surface area (Å²) in [7, 11) is 0. The van der Waals surface area contributed by atoms with E-state index in [9.17, 15) is 0 Å². The van der Waals surface area contributed by atoms with E-state index in [4.69, 9.17) is 14.7 Å². The molecule has 0 bridgehead atoms. The van der Waals surface area contributed by atoms with Crippen LogP contribution in [0.25, 0.3) is 0 Å². The third-order valence-electron chi connectivity index (χ3n) is 3.09. The van der Waals surface area contributed by atoms with E-state index in [0.717, 1.165) is 42.1 Å². The minimum Gasteiger partial charge on any atom is -0.454 e. The zero-order valence-corrected chi connectivity index (χ0v) is 8.82. The first-order chi connectivity index (χ1) is 7.88. The molecule has 0 aromatic heterocycles. The fourth-order valence-corrected chi connectivity index (χ4v) is 2.24.